The van der Waals surface area contributed by atoms with Gasteiger partial charge in [-0.25, -0.2) is 22.7 Å². The molecule has 2 aromatic heterocycles. The Hall–Kier alpha value is -6.57. The summed E-state index contributed by atoms with van der Waals surface area (Å²) in [6, 6.07) is 28.8. The van der Waals surface area contributed by atoms with Crippen molar-refractivity contribution in [1.29, 1.82) is 0 Å². The number of likely N-dealkylation sites (N-methyl/N-ethyl adjacent to an activating group) is 2. The standard InChI is InChI=1S/C34H41N7O3.C31H38N6O.C8H19N.C4H5BrO2.C4H6O3.CH2Cl2.K.H2O/c1-24-8-4-9-25-10-5-12-30(32(24)25)39-16-14-28-29(22-39)36-34(44-23-26-11-6-15-38(26)3)37-33(28)40-17-18-41(27(21-40)20-35-2)31(43)13-7-19-42;1-22-8-4-10-24-11-5-13-28(29(22)24)36-17-14-26-27(20-36)33-31(38-21-25-12-7-15-35(25)3)34-30(26)37-16-6-9-23(19-37)18-32-2;1-6-9(7(2)3)8(4)5;2*5-3-1-2-4(6)7;2-1-3;;/h4-5,7-10,12-13,26-27,42H,6,11,14-23H2,1,3H3;4-5,8,10-11,13,23,25H,6-7,9,12,14-21H2,1,3H3;7-8H,6H2,1-5H3;1-2H,3H2,(H,6,7);1-2,5H,3H2,(H,6,7);1H2;;1H2/q;;;;;;+1;/p-1/b13-7+;;;2*2-1+;;;/t26-,27-;23-,25-;;;;;;/m00....../s1. The van der Waals surface area contributed by atoms with E-state index in [0.29, 0.717) is 93.4 Å². The first kappa shape index (κ1) is 94.0. The molecule has 0 bridgehead atoms. The number of amides is 1. The number of hydrogen-bond donors (Lipinski definition) is 4. The van der Waals surface area contributed by atoms with Gasteiger partial charge in [0.15, 0.2) is 0 Å². The molecule has 6 aliphatic rings. The van der Waals surface area contributed by atoms with Crippen molar-refractivity contribution >= 4 is 102 Å². The van der Waals surface area contributed by atoms with E-state index in [2.05, 4.69) is 195 Å². The summed E-state index contributed by atoms with van der Waals surface area (Å²) >= 11 is 12.6. The average molecular weight is 1640 g/mol. The second kappa shape index (κ2) is 49.1. The zero-order chi connectivity index (χ0) is 78.2. The Morgan fingerprint density at radius 2 is 1.05 bits per heavy atom. The molecule has 8 heterocycles. The molecule has 0 radical (unpaired) electrons. The average Bonchev–Trinajstić information content (AvgIpc) is 0.878. The quantitative estimate of drug-likeness (QED) is 0.0226. The van der Waals surface area contributed by atoms with Crippen molar-refractivity contribution in [2.45, 2.75) is 143 Å². The van der Waals surface area contributed by atoms with Crippen LogP contribution in [0.2, 0.25) is 0 Å². The molecule has 1 amide bonds. The number of piperidine rings is 1. The molecule has 12 rings (SSSR count). The van der Waals surface area contributed by atoms with E-state index in [1.807, 2.05) is 0 Å². The fourth-order valence-electron chi connectivity index (χ4n) is 15.1. The van der Waals surface area contributed by atoms with Gasteiger partial charge in [0.2, 0.25) is 19.0 Å². The number of aryl methyl sites for hydroxylation is 2. The summed E-state index contributed by atoms with van der Waals surface area (Å²) in [5.41, 5.74) is 9.46. The van der Waals surface area contributed by atoms with Crippen molar-refractivity contribution in [2.24, 2.45) is 5.92 Å². The van der Waals surface area contributed by atoms with Gasteiger partial charge in [0.1, 0.15) is 30.9 Å². The Balaban J connectivity index is 0.000000295. The van der Waals surface area contributed by atoms with E-state index in [1.54, 1.807) is 4.90 Å². The molecule has 24 nitrogen and oxygen atoms in total. The first-order chi connectivity index (χ1) is 52.1. The molecule has 110 heavy (non-hydrogen) atoms. The van der Waals surface area contributed by atoms with E-state index < -0.39 is 11.9 Å². The minimum atomic E-state index is -1.03. The number of halogens is 3. The number of hydrogen-bond acceptors (Lipinski definition) is 19. The first-order valence-electron chi connectivity index (χ1n) is 37.6. The smallest absolute Gasteiger partial charge is 0.870 e. The summed E-state index contributed by atoms with van der Waals surface area (Å²) in [4.78, 5) is 77.9. The largest absolute Gasteiger partial charge is 1.00 e. The maximum atomic E-state index is 12.8. The molecule has 4 fully saturated rings. The van der Waals surface area contributed by atoms with Gasteiger partial charge in [-0.15, -0.1) is 23.2 Å². The van der Waals surface area contributed by atoms with Gasteiger partial charge in [-0.3, -0.25) is 9.69 Å². The second-order valence-corrected chi connectivity index (χ2v) is 29.7. The Kier molecular flexibility index (Phi) is 42.0. The number of carboxylic acid groups (broad SMARTS) is 2. The Morgan fingerprint density at radius 3 is 1.45 bits per heavy atom. The van der Waals surface area contributed by atoms with E-state index in [4.69, 9.17) is 86.2 Å². The van der Waals surface area contributed by atoms with E-state index in [9.17, 15) is 14.4 Å². The molecular weight excluding hydrogens is 1530 g/mol. The van der Waals surface area contributed by atoms with Crippen molar-refractivity contribution in [3.63, 3.8) is 0 Å². The van der Waals surface area contributed by atoms with Crippen LogP contribution >= 0.6 is 39.1 Å². The predicted molar refractivity (Wildman–Crippen MR) is 441 cm³/mol. The fraction of sp³-hybridized carbons (Fsp3) is 0.524. The Labute approximate surface area is 712 Å². The fourth-order valence-corrected chi connectivity index (χ4v) is 15.3. The number of carbonyl (C=O) groups excluding carboxylic acids is 1. The number of aliphatic hydroxyl groups excluding tert-OH is 2. The molecule has 0 spiro atoms. The van der Waals surface area contributed by atoms with Crippen molar-refractivity contribution in [1.82, 2.24) is 39.5 Å². The van der Waals surface area contributed by atoms with Crippen molar-refractivity contribution in [2.75, 3.05) is 149 Å². The summed E-state index contributed by atoms with van der Waals surface area (Å²) in [7, 11) is 4.31. The second-order valence-electron chi connectivity index (χ2n) is 28.2. The maximum absolute atomic E-state index is 12.8. The number of carbonyl (C=O) groups is 3. The number of allylic oxidation sites excluding steroid dienone is 1. The van der Waals surface area contributed by atoms with Gasteiger partial charge in [-0.2, -0.15) is 19.9 Å². The molecule has 0 aliphatic carbocycles. The number of aliphatic carboxylic acids is 2. The van der Waals surface area contributed by atoms with Crippen LogP contribution in [0, 0.1) is 32.9 Å². The number of anilines is 4. The van der Waals surface area contributed by atoms with Crippen LogP contribution in [-0.4, -0.2) is 243 Å². The molecule has 6 aliphatic heterocycles. The molecule has 5 N–H and O–H groups in total. The van der Waals surface area contributed by atoms with Crippen LogP contribution in [-0.2, 0) is 40.3 Å². The monoisotopic (exact) mass is 1640 g/mol. The minimum Gasteiger partial charge on any atom is -0.870 e. The van der Waals surface area contributed by atoms with Crippen molar-refractivity contribution in [3.8, 4) is 12.0 Å². The molecule has 6 aromatic rings. The minimum absolute atomic E-state index is 0. The zero-order valence-corrected chi connectivity index (χ0v) is 72.0. The van der Waals surface area contributed by atoms with Gasteiger partial charge in [0.05, 0.1) is 43.0 Å². The third-order valence-electron chi connectivity index (χ3n) is 20.4. The summed E-state index contributed by atoms with van der Waals surface area (Å²) in [6.07, 6.45) is 16.0. The number of rotatable bonds is 21. The van der Waals surface area contributed by atoms with E-state index in [-0.39, 0.29) is 93.9 Å². The van der Waals surface area contributed by atoms with Crippen LogP contribution < -0.4 is 80.5 Å². The molecule has 4 aromatic carbocycles. The third kappa shape index (κ3) is 27.6. The normalized spacial score (nSPS) is 18.3. The van der Waals surface area contributed by atoms with Crippen molar-refractivity contribution in [3.05, 3.63) is 166 Å². The van der Waals surface area contributed by atoms with Crippen LogP contribution in [0.25, 0.3) is 31.2 Å². The van der Waals surface area contributed by atoms with Gasteiger partial charge in [-0.05, 0) is 161 Å². The number of aromatic nitrogens is 4. The van der Waals surface area contributed by atoms with Crippen LogP contribution in [0.15, 0.2) is 109 Å². The van der Waals surface area contributed by atoms with Gasteiger partial charge in [0.25, 0.3) is 0 Å². The summed E-state index contributed by atoms with van der Waals surface area (Å²) in [5.74, 6) is 0.179. The molecule has 592 valence electrons. The van der Waals surface area contributed by atoms with E-state index in [1.165, 1.54) is 80.7 Å². The van der Waals surface area contributed by atoms with Gasteiger partial charge in [0, 0.05) is 133 Å². The Bertz CT molecular complexity index is 4030. The van der Waals surface area contributed by atoms with Gasteiger partial charge in [-0.1, -0.05) is 102 Å². The predicted octanol–water partition coefficient (Wildman–Crippen LogP) is 9.58. The van der Waals surface area contributed by atoms with Gasteiger partial charge < -0.3 is 79.4 Å². The van der Waals surface area contributed by atoms with Gasteiger partial charge >= 0.3 is 75.3 Å². The summed E-state index contributed by atoms with van der Waals surface area (Å²) in [6.45, 7) is 42.0. The molecule has 0 saturated carbocycles. The topological polar surface area (TPSA) is 267 Å². The first-order valence-corrected chi connectivity index (χ1v) is 39.8. The molecule has 28 heteroatoms. The number of fused-ring (bicyclic) bond motifs is 4. The number of nitrogens with zero attached hydrogens (tertiary/aromatic N) is 14. The number of carboxylic acids is 2. The van der Waals surface area contributed by atoms with Crippen LogP contribution in [0.5, 0.6) is 12.0 Å². The zero-order valence-electron chi connectivity index (χ0n) is 65.8. The van der Waals surface area contributed by atoms with Crippen LogP contribution in [0.1, 0.15) is 107 Å². The molecular formula is C82H112BrCl2KN14O10. The number of alkyl halides is 3. The maximum Gasteiger partial charge on any atom is 1.00 e. The molecule has 4 atom stereocenters. The summed E-state index contributed by atoms with van der Waals surface area (Å²) in [5, 5.41) is 38.8. The molecule has 0 unspecified atom stereocenters. The summed E-state index contributed by atoms with van der Waals surface area (Å²) < 4.78 is 12.6. The number of piperazine rings is 1. The number of benzene rings is 4. The van der Waals surface area contributed by atoms with E-state index in [0.717, 1.165) is 138 Å². The van der Waals surface area contributed by atoms with Crippen molar-refractivity contribution < 1.29 is 101 Å². The van der Waals surface area contributed by atoms with E-state index >= 15 is 0 Å². The number of ether oxygens (including phenoxy) is 2. The van der Waals surface area contributed by atoms with Crippen LogP contribution in [0.4, 0.5) is 23.0 Å². The number of aliphatic hydroxyl groups is 2. The molecule has 4 saturated heterocycles. The SMILES string of the molecule is CCN(C(C)C)C(C)C.ClCCl.O=C(O)/C=C/CBr.O=C(O)/C=C/CO.[C-]#[N+]C[C@@H]1CCCN(c2nc(OC[C@@H]3CCCN3C)nc3c2CCN(c2cccc4cccc(C)c24)C3)C1.[C-]#[N+]C[C@H]1CN(c2nc(OC[C@@H]3CCCN3C)nc3c2CCN(c2cccc4cccc(C)c24)C3)CCN1C(=O)/C=C/CO.[K+].[OH-]. The number of likely N-dealkylation sites (tertiary alicyclic amines) is 2. The third-order valence-corrected chi connectivity index (χ3v) is 20.7. The Morgan fingerprint density at radius 1 is 0.609 bits per heavy atom. The van der Waals surface area contributed by atoms with Crippen LogP contribution in [0.3, 0.4) is 0 Å².